The van der Waals surface area contributed by atoms with E-state index in [1.165, 1.54) is 30.5 Å². The number of likely N-dealkylation sites (tertiary alicyclic amines) is 1. The number of rotatable bonds is 3. The molecule has 3 aliphatic carbocycles. The minimum Gasteiger partial charge on any atom is -0.487 e. The van der Waals surface area contributed by atoms with E-state index >= 15 is 0 Å². The van der Waals surface area contributed by atoms with Crippen molar-refractivity contribution in [3.8, 4) is 17.6 Å². The molecule has 36 heavy (non-hydrogen) atoms. The highest BCUT2D eigenvalue weighted by atomic mass is 16.5. The minimum absolute atomic E-state index is 0.117. The maximum atomic E-state index is 13.3. The molecule has 2 heterocycles. The number of hydrogen-bond donors (Lipinski definition) is 2. The van der Waals surface area contributed by atoms with Crippen molar-refractivity contribution >= 4 is 5.91 Å². The third-order valence-electron chi connectivity index (χ3n) is 9.97. The molecule has 1 amide bonds. The quantitative estimate of drug-likeness (QED) is 0.657. The first-order chi connectivity index (χ1) is 17.4. The number of quaternary nitrogens is 1. The summed E-state index contributed by atoms with van der Waals surface area (Å²) in [5, 5.41) is 12.6. The van der Waals surface area contributed by atoms with Crippen molar-refractivity contribution in [3.63, 3.8) is 0 Å². The maximum absolute atomic E-state index is 13.3. The first-order valence-corrected chi connectivity index (χ1v) is 13.6. The lowest BCUT2D eigenvalue weighted by atomic mass is 9.48. The van der Waals surface area contributed by atoms with Crippen LogP contribution in [0.3, 0.4) is 0 Å². The second-order valence-corrected chi connectivity index (χ2v) is 11.9. The topological polar surface area (TPSA) is 54.2 Å². The van der Waals surface area contributed by atoms with E-state index in [2.05, 4.69) is 30.0 Å². The Morgan fingerprint density at radius 2 is 2.03 bits per heavy atom. The lowest BCUT2D eigenvalue weighted by Crippen LogP contribution is -3.21. The van der Waals surface area contributed by atoms with E-state index in [1.807, 2.05) is 38.2 Å². The van der Waals surface area contributed by atoms with E-state index in [0.29, 0.717) is 6.42 Å². The van der Waals surface area contributed by atoms with Crippen molar-refractivity contribution in [1.29, 1.82) is 0 Å². The Balaban J connectivity index is 1.24. The molecule has 5 heteroatoms. The molecule has 5 nitrogen and oxygen atoms in total. The van der Waals surface area contributed by atoms with Crippen molar-refractivity contribution in [2.75, 3.05) is 20.1 Å². The van der Waals surface area contributed by atoms with E-state index < -0.39 is 11.0 Å². The molecular formula is C31H35N2O3+. The van der Waals surface area contributed by atoms with Gasteiger partial charge in [-0.15, -0.1) is 0 Å². The molecular weight excluding hydrogens is 448 g/mol. The summed E-state index contributed by atoms with van der Waals surface area (Å²) in [6.45, 7) is 4.27. The monoisotopic (exact) mass is 483 g/mol. The van der Waals surface area contributed by atoms with Crippen LogP contribution in [0.1, 0.15) is 54.4 Å². The van der Waals surface area contributed by atoms with Crippen molar-refractivity contribution in [2.45, 2.75) is 74.7 Å². The van der Waals surface area contributed by atoms with Crippen LogP contribution in [0.5, 0.6) is 5.75 Å². The summed E-state index contributed by atoms with van der Waals surface area (Å²) in [5.74, 6) is 7.48. The molecule has 2 aromatic rings. The van der Waals surface area contributed by atoms with E-state index in [-0.39, 0.29) is 24.1 Å². The van der Waals surface area contributed by atoms with Crippen molar-refractivity contribution in [1.82, 2.24) is 4.90 Å². The number of amides is 1. The molecule has 2 saturated carbocycles. The van der Waals surface area contributed by atoms with Gasteiger partial charge >= 0.3 is 0 Å². The number of nitrogens with one attached hydrogen (secondary N) is 1. The maximum Gasteiger partial charge on any atom is 0.298 e. The number of piperidine rings is 1. The van der Waals surface area contributed by atoms with Gasteiger partial charge < -0.3 is 19.6 Å². The van der Waals surface area contributed by atoms with Crippen LogP contribution in [-0.4, -0.2) is 59.8 Å². The number of carbonyl (C=O) groups excluding carboxylic acids is 1. The first kappa shape index (κ1) is 22.4. The Bertz CT molecular complexity index is 1310. The molecule has 6 atom stereocenters. The number of carbonyl (C=O) groups is 1. The highest BCUT2D eigenvalue weighted by Crippen LogP contribution is 2.62. The van der Waals surface area contributed by atoms with Gasteiger partial charge in [0.1, 0.15) is 23.5 Å². The highest BCUT2D eigenvalue weighted by Gasteiger charge is 2.75. The zero-order valence-electron chi connectivity index (χ0n) is 21.2. The fraction of sp³-hybridized carbons (Fsp3) is 0.516. The summed E-state index contributed by atoms with van der Waals surface area (Å²) in [5.41, 5.74) is 3.30. The van der Waals surface area contributed by atoms with Gasteiger partial charge in [0.15, 0.2) is 0 Å². The first-order valence-electron chi connectivity index (χ1n) is 13.6. The number of nitrogens with zero attached hydrogens (tertiary/aromatic N) is 1. The second-order valence-electron chi connectivity index (χ2n) is 11.9. The summed E-state index contributed by atoms with van der Waals surface area (Å²) in [6, 6.07) is 14.4. The van der Waals surface area contributed by atoms with Crippen LogP contribution in [-0.2, 0) is 16.6 Å². The lowest BCUT2D eigenvalue weighted by Gasteiger charge is -2.62. The number of aryl methyl sites for hydroxylation is 1. The summed E-state index contributed by atoms with van der Waals surface area (Å²) in [4.78, 5) is 16.7. The molecule has 2 aliphatic heterocycles. The Kier molecular flexibility index (Phi) is 4.88. The van der Waals surface area contributed by atoms with Crippen LogP contribution in [0.2, 0.25) is 0 Å². The average molecular weight is 484 g/mol. The molecule has 0 aromatic heterocycles. The fourth-order valence-corrected chi connectivity index (χ4v) is 8.14. The molecule has 2 bridgehead atoms. The summed E-state index contributed by atoms with van der Waals surface area (Å²) < 4.78 is 6.72. The minimum atomic E-state index is -0.798. The van der Waals surface area contributed by atoms with Crippen LogP contribution in [0.4, 0.5) is 0 Å². The molecule has 7 rings (SSSR count). The average Bonchev–Trinajstić information content (AvgIpc) is 3.61. The summed E-state index contributed by atoms with van der Waals surface area (Å²) in [6.07, 6.45) is 5.69. The molecule has 1 saturated heterocycles. The molecule has 5 aliphatic rings. The lowest BCUT2D eigenvalue weighted by molar-refractivity contribution is -0.944. The molecule has 1 unspecified atom stereocenters. The largest absolute Gasteiger partial charge is 0.487 e. The number of ether oxygens (including phenoxy) is 1. The number of aliphatic hydroxyl groups is 1. The van der Waals surface area contributed by atoms with Gasteiger partial charge in [-0.2, -0.15) is 0 Å². The van der Waals surface area contributed by atoms with Crippen LogP contribution < -0.4 is 9.64 Å². The fourth-order valence-electron chi connectivity index (χ4n) is 8.14. The molecule has 3 fully saturated rings. The Labute approximate surface area is 213 Å². The predicted octanol–water partition coefficient (Wildman–Crippen LogP) is 2.02. The van der Waals surface area contributed by atoms with Gasteiger partial charge in [-0.25, -0.2) is 0 Å². The Morgan fingerprint density at radius 1 is 1.19 bits per heavy atom. The van der Waals surface area contributed by atoms with Crippen LogP contribution in [0, 0.1) is 24.7 Å². The second kappa shape index (κ2) is 7.84. The number of benzene rings is 2. The van der Waals surface area contributed by atoms with Gasteiger partial charge in [-0.3, -0.25) is 4.79 Å². The van der Waals surface area contributed by atoms with E-state index in [0.717, 1.165) is 48.6 Å². The van der Waals surface area contributed by atoms with Gasteiger partial charge in [0.2, 0.25) is 0 Å². The summed E-state index contributed by atoms with van der Waals surface area (Å²) >= 11 is 0. The van der Waals surface area contributed by atoms with Gasteiger partial charge in [-0.1, -0.05) is 30.2 Å². The molecule has 186 valence electrons. The van der Waals surface area contributed by atoms with Crippen molar-refractivity contribution < 1.29 is 19.5 Å². The van der Waals surface area contributed by atoms with Gasteiger partial charge in [0.25, 0.3) is 5.91 Å². The standard InChI is InChI=1S/C31H34N2O3/c1-20-5-3-6-21(17-20)11-12-27(34)32(2)24-13-14-31(35)26-18-23-7-4-8-25-28(23)30(31,29(24)36-25)15-16-33(26)19-22-9-10-22/h3-8,17,22,24,26,29,35H,9-10,13-16,18-19H2,1-2H3/p+1/t24-,26-,29+,30+,31-/m1/s1. The van der Waals surface area contributed by atoms with Crippen molar-refractivity contribution in [3.05, 3.63) is 64.7 Å². The third kappa shape index (κ3) is 3.07. The zero-order valence-corrected chi connectivity index (χ0v) is 21.2. The Hall–Kier alpha value is -2.81. The zero-order chi connectivity index (χ0) is 24.7. The van der Waals surface area contributed by atoms with Crippen LogP contribution >= 0.6 is 0 Å². The van der Waals surface area contributed by atoms with E-state index in [9.17, 15) is 9.90 Å². The molecule has 1 spiro atoms. The summed E-state index contributed by atoms with van der Waals surface area (Å²) in [7, 11) is 1.86. The number of hydrogen-bond acceptors (Lipinski definition) is 3. The van der Waals surface area contributed by atoms with Crippen LogP contribution in [0.25, 0.3) is 0 Å². The molecule has 0 radical (unpaired) electrons. The van der Waals surface area contributed by atoms with E-state index in [4.69, 9.17) is 4.74 Å². The highest BCUT2D eigenvalue weighted by molar-refractivity contribution is 5.94. The van der Waals surface area contributed by atoms with Crippen LogP contribution in [0.15, 0.2) is 42.5 Å². The van der Waals surface area contributed by atoms with Gasteiger partial charge in [-0.05, 0) is 61.9 Å². The smallest absolute Gasteiger partial charge is 0.298 e. The normalized spacial score (nSPS) is 35.2. The van der Waals surface area contributed by atoms with Gasteiger partial charge in [0, 0.05) is 42.9 Å². The van der Waals surface area contributed by atoms with Gasteiger partial charge in [0.05, 0.1) is 24.5 Å². The molecule has 2 N–H and O–H groups in total. The van der Waals surface area contributed by atoms with Crippen molar-refractivity contribution in [2.24, 2.45) is 5.92 Å². The van der Waals surface area contributed by atoms with E-state index in [1.54, 1.807) is 9.80 Å². The SMILES string of the molecule is Cc1cccc(C#CC(=O)N(C)[C@@H]2CC[C@@]3(O)[C@H]4Cc5cccc6c5[C@@]3(CC[NH+]4CC3CC3)[C@H]2O6)c1. The third-order valence-corrected chi connectivity index (χ3v) is 9.97. The predicted molar refractivity (Wildman–Crippen MR) is 137 cm³/mol. The molecule has 2 aromatic carbocycles. The number of likely N-dealkylation sites (N-methyl/N-ethyl adjacent to an activating group) is 1. The Morgan fingerprint density at radius 3 is 2.83 bits per heavy atom.